The number of halogens is 2. The summed E-state index contributed by atoms with van der Waals surface area (Å²) in [5, 5.41) is 17.2. The van der Waals surface area contributed by atoms with Crippen LogP contribution in [-0.2, 0) is 20.7 Å². The second-order valence-electron chi connectivity index (χ2n) is 9.69. The van der Waals surface area contributed by atoms with Crippen molar-refractivity contribution in [1.29, 1.82) is 5.26 Å². The fourth-order valence-electron chi connectivity index (χ4n) is 5.07. The lowest BCUT2D eigenvalue weighted by molar-refractivity contribution is -0.126. The Labute approximate surface area is 206 Å². The highest BCUT2D eigenvalue weighted by atomic mass is 19.3. The minimum absolute atomic E-state index is 0.0201. The number of anilines is 1. The number of aromatic nitrogens is 1. The molecule has 3 heterocycles. The molecule has 1 aromatic rings. The second kappa shape index (κ2) is 10.6. The maximum absolute atomic E-state index is 13.3. The predicted molar refractivity (Wildman–Crippen MR) is 123 cm³/mol. The first-order valence-corrected chi connectivity index (χ1v) is 12.2. The smallest absolute Gasteiger partial charge is 0.411 e. The lowest BCUT2D eigenvalue weighted by Gasteiger charge is -2.27. The Bertz CT molecular complexity index is 1120. The monoisotopic (exact) mass is 505 g/mol. The number of carbonyl (C=O) groups is 3. The lowest BCUT2D eigenvalue weighted by Crippen LogP contribution is -2.42. The van der Waals surface area contributed by atoms with Gasteiger partial charge in [-0.05, 0) is 56.6 Å². The zero-order valence-corrected chi connectivity index (χ0v) is 19.7. The first-order chi connectivity index (χ1) is 17.2. The molecular formula is C24H29F2N5O5. The van der Waals surface area contributed by atoms with E-state index in [4.69, 9.17) is 4.74 Å². The van der Waals surface area contributed by atoms with E-state index in [2.05, 4.69) is 16.0 Å². The molecule has 2 aliphatic heterocycles. The van der Waals surface area contributed by atoms with Crippen LogP contribution in [0, 0.1) is 23.2 Å². The van der Waals surface area contributed by atoms with E-state index in [1.54, 1.807) is 6.07 Å². The summed E-state index contributed by atoms with van der Waals surface area (Å²) in [7, 11) is 0. The highest BCUT2D eigenvalue weighted by Crippen LogP contribution is 2.36. The molecule has 2 fully saturated rings. The number of amides is 3. The molecule has 12 heteroatoms. The highest BCUT2D eigenvalue weighted by Gasteiger charge is 2.36. The van der Waals surface area contributed by atoms with Crippen LogP contribution in [0.2, 0.25) is 0 Å². The minimum atomic E-state index is -2.67. The average molecular weight is 506 g/mol. The number of hydrogen-bond donors (Lipinski definition) is 3. The molecule has 3 amide bonds. The summed E-state index contributed by atoms with van der Waals surface area (Å²) in [5.41, 5.74) is -0.0351. The largest absolute Gasteiger partial charge is 0.449 e. The van der Waals surface area contributed by atoms with E-state index in [1.165, 1.54) is 10.6 Å². The normalized spacial score (nSPS) is 23.8. The van der Waals surface area contributed by atoms with Crippen LogP contribution in [0.3, 0.4) is 0 Å². The first kappa shape index (κ1) is 25.6. The summed E-state index contributed by atoms with van der Waals surface area (Å²) in [6, 6.07) is 3.35. The van der Waals surface area contributed by atoms with Crippen LogP contribution in [0.25, 0.3) is 0 Å². The van der Waals surface area contributed by atoms with Crippen LogP contribution in [0.1, 0.15) is 56.7 Å². The molecule has 3 unspecified atom stereocenters. The molecule has 0 bridgehead atoms. The predicted octanol–water partition coefficient (Wildman–Crippen LogP) is 2.24. The number of carbonyl (C=O) groups excluding carboxylic acids is 3. The van der Waals surface area contributed by atoms with Crippen LogP contribution in [0.5, 0.6) is 0 Å². The zero-order valence-electron chi connectivity index (χ0n) is 19.7. The zero-order chi connectivity index (χ0) is 25.9. The molecule has 0 radical (unpaired) electrons. The summed E-state index contributed by atoms with van der Waals surface area (Å²) in [4.78, 5) is 50.1. The van der Waals surface area contributed by atoms with Gasteiger partial charge in [0.2, 0.25) is 17.7 Å². The Morgan fingerprint density at radius 2 is 1.97 bits per heavy atom. The quantitative estimate of drug-likeness (QED) is 0.519. The van der Waals surface area contributed by atoms with E-state index in [1.807, 2.05) is 6.07 Å². The Kier molecular flexibility index (Phi) is 7.56. The van der Waals surface area contributed by atoms with E-state index in [0.29, 0.717) is 31.5 Å². The van der Waals surface area contributed by atoms with E-state index >= 15 is 0 Å². The molecule has 36 heavy (non-hydrogen) atoms. The third-order valence-electron chi connectivity index (χ3n) is 7.17. The van der Waals surface area contributed by atoms with E-state index < -0.39 is 35.6 Å². The van der Waals surface area contributed by atoms with Crippen molar-refractivity contribution in [1.82, 2.24) is 15.2 Å². The van der Waals surface area contributed by atoms with Crippen molar-refractivity contribution in [3.05, 3.63) is 28.2 Å². The van der Waals surface area contributed by atoms with Crippen molar-refractivity contribution in [2.45, 2.75) is 69.4 Å². The molecule has 4 rings (SSSR count). The Hall–Kier alpha value is -3.49. The summed E-state index contributed by atoms with van der Waals surface area (Å²) < 4.78 is 33.0. The number of pyridine rings is 1. The van der Waals surface area contributed by atoms with Gasteiger partial charge in [0, 0.05) is 31.0 Å². The summed E-state index contributed by atoms with van der Waals surface area (Å²) in [5.74, 6) is -3.82. The SMILES string of the molecule is N#CC(CC1CCNC1=O)NC(=O)C1CCc2ccc(NC(=O)OCC3CCC(F)(F)CC3)c(=O)n21. The van der Waals surface area contributed by atoms with Crippen molar-refractivity contribution in [2.75, 3.05) is 18.5 Å². The van der Waals surface area contributed by atoms with Crippen molar-refractivity contribution < 1.29 is 27.9 Å². The molecule has 0 spiro atoms. The van der Waals surface area contributed by atoms with Gasteiger partial charge in [-0.1, -0.05) is 0 Å². The second-order valence-corrected chi connectivity index (χ2v) is 9.69. The molecule has 3 atom stereocenters. The first-order valence-electron chi connectivity index (χ1n) is 12.2. The fourth-order valence-corrected chi connectivity index (χ4v) is 5.07. The van der Waals surface area contributed by atoms with Crippen LogP contribution in [0.4, 0.5) is 19.3 Å². The lowest BCUT2D eigenvalue weighted by atomic mass is 9.87. The van der Waals surface area contributed by atoms with E-state index in [9.17, 15) is 33.2 Å². The van der Waals surface area contributed by atoms with Gasteiger partial charge in [0.05, 0.1) is 12.7 Å². The van der Waals surface area contributed by atoms with Crippen LogP contribution in [-0.4, -0.2) is 47.6 Å². The van der Waals surface area contributed by atoms with Gasteiger partial charge in [-0.3, -0.25) is 24.3 Å². The number of nitrogens with zero attached hydrogens (tertiary/aromatic N) is 2. The van der Waals surface area contributed by atoms with E-state index in [-0.39, 0.29) is 62.1 Å². The number of alkyl halides is 2. The topological polar surface area (TPSA) is 142 Å². The molecule has 1 aromatic heterocycles. The number of hydrogen-bond acceptors (Lipinski definition) is 6. The highest BCUT2D eigenvalue weighted by molar-refractivity contribution is 5.85. The van der Waals surface area contributed by atoms with Gasteiger partial charge in [0.25, 0.3) is 5.56 Å². The number of nitrogens with one attached hydrogen (secondary N) is 3. The number of nitriles is 1. The fraction of sp³-hybridized carbons (Fsp3) is 0.625. The summed E-state index contributed by atoms with van der Waals surface area (Å²) >= 11 is 0. The molecule has 194 valence electrons. The molecule has 1 aliphatic carbocycles. The molecule has 3 N–H and O–H groups in total. The number of fused-ring (bicyclic) bond motifs is 1. The van der Waals surface area contributed by atoms with Gasteiger partial charge >= 0.3 is 6.09 Å². The maximum Gasteiger partial charge on any atom is 0.411 e. The molecule has 0 aromatic carbocycles. The number of ether oxygens (including phenoxy) is 1. The standard InChI is InChI=1S/C24H29F2N5O5/c25-24(26)8-5-14(6-9-24)13-36-23(35)30-18-3-1-17-2-4-19(31(17)22(18)34)21(33)29-16(12-27)11-15-7-10-28-20(15)32/h1,3,14-16,19H,2,4-11,13H2,(H,28,32)(H,29,33)(H,30,35). The molecule has 1 saturated carbocycles. The van der Waals surface area contributed by atoms with Crippen molar-refractivity contribution >= 4 is 23.6 Å². The van der Waals surface area contributed by atoms with Crippen LogP contribution < -0.4 is 21.5 Å². The Morgan fingerprint density at radius 1 is 1.22 bits per heavy atom. The van der Waals surface area contributed by atoms with Crippen molar-refractivity contribution in [3.8, 4) is 6.07 Å². The van der Waals surface area contributed by atoms with Gasteiger partial charge in [0.1, 0.15) is 17.8 Å². The van der Waals surface area contributed by atoms with Gasteiger partial charge < -0.3 is 15.4 Å². The average Bonchev–Trinajstić information content (AvgIpc) is 3.46. The Balaban J connectivity index is 1.36. The number of aryl methyl sites for hydroxylation is 1. The number of rotatable bonds is 7. The van der Waals surface area contributed by atoms with Gasteiger partial charge in [-0.2, -0.15) is 5.26 Å². The Morgan fingerprint density at radius 3 is 2.64 bits per heavy atom. The molecule has 10 nitrogen and oxygen atoms in total. The van der Waals surface area contributed by atoms with E-state index in [0.717, 1.165) is 0 Å². The van der Waals surface area contributed by atoms with Crippen molar-refractivity contribution in [2.24, 2.45) is 11.8 Å². The van der Waals surface area contributed by atoms with Gasteiger partial charge in [0.15, 0.2) is 0 Å². The summed E-state index contributed by atoms with van der Waals surface area (Å²) in [6.45, 7) is 0.517. The third-order valence-corrected chi connectivity index (χ3v) is 7.17. The van der Waals surface area contributed by atoms with Crippen LogP contribution in [0.15, 0.2) is 16.9 Å². The molecule has 3 aliphatic rings. The molecular weight excluding hydrogens is 476 g/mol. The third kappa shape index (κ3) is 5.83. The van der Waals surface area contributed by atoms with Gasteiger partial charge in [-0.25, -0.2) is 13.6 Å². The van der Waals surface area contributed by atoms with Crippen LogP contribution >= 0.6 is 0 Å². The minimum Gasteiger partial charge on any atom is -0.449 e. The van der Waals surface area contributed by atoms with Crippen molar-refractivity contribution in [3.63, 3.8) is 0 Å². The summed E-state index contributed by atoms with van der Waals surface area (Å²) in [6.07, 6.45) is 0.767. The maximum atomic E-state index is 13.3. The van der Waals surface area contributed by atoms with Gasteiger partial charge in [-0.15, -0.1) is 0 Å². The molecule has 1 saturated heterocycles.